The second-order valence-electron chi connectivity index (χ2n) is 5.41. The van der Waals surface area contributed by atoms with Crippen LogP contribution in [0.2, 0.25) is 0 Å². The summed E-state index contributed by atoms with van der Waals surface area (Å²) in [6, 6.07) is 0. The van der Waals surface area contributed by atoms with Crippen molar-refractivity contribution in [1.82, 2.24) is 0 Å². The number of aliphatic hydroxyl groups excluding tert-OH is 1. The number of thiol groups is 1. The average Bonchev–Trinajstić information content (AvgIpc) is 2.35. The quantitative estimate of drug-likeness (QED) is 0.206. The Morgan fingerprint density at radius 3 is 1.55 bits per heavy atom. The van der Waals surface area contributed by atoms with Crippen molar-refractivity contribution in [2.24, 2.45) is 0 Å². The van der Waals surface area contributed by atoms with Gasteiger partial charge in [0.05, 0.1) is 35.6 Å². The first-order valence-electron chi connectivity index (χ1n) is 7.32. The summed E-state index contributed by atoms with van der Waals surface area (Å²) in [7, 11) is 5.04. The smallest absolute Gasteiger partial charge is 0.101 e. The zero-order valence-electron chi connectivity index (χ0n) is 14.3. The van der Waals surface area contributed by atoms with E-state index in [9.17, 15) is 4.57 Å². The lowest BCUT2D eigenvalue weighted by atomic mass is 10.3. The Morgan fingerprint density at radius 1 is 1.05 bits per heavy atom. The van der Waals surface area contributed by atoms with Gasteiger partial charge in [-0.2, -0.15) is 12.6 Å². The Labute approximate surface area is 150 Å². The van der Waals surface area contributed by atoms with E-state index < -0.39 is 7.80 Å². The third-order valence-corrected chi connectivity index (χ3v) is 4.21. The van der Waals surface area contributed by atoms with Gasteiger partial charge in [0.15, 0.2) is 0 Å². The second kappa shape index (κ2) is 22.5. The molecule has 0 atom stereocenters. The van der Waals surface area contributed by atoms with Crippen LogP contribution in [0.5, 0.6) is 0 Å². The molecule has 0 unspecified atom stereocenters. The number of unbranched alkanes of at least 4 members (excludes halogenated alkanes) is 2. The van der Waals surface area contributed by atoms with E-state index in [-0.39, 0.29) is 30.6 Å². The summed E-state index contributed by atoms with van der Waals surface area (Å²) in [5.74, 6) is 1.05. The fourth-order valence-electron chi connectivity index (χ4n) is 0.912. The van der Waals surface area contributed by atoms with Crippen LogP contribution in [0.1, 0.15) is 40.0 Å². The molecule has 0 spiro atoms. The van der Waals surface area contributed by atoms with Gasteiger partial charge in [0, 0.05) is 0 Å². The highest BCUT2D eigenvalue weighted by Crippen LogP contribution is 2.16. The van der Waals surface area contributed by atoms with Gasteiger partial charge < -0.3 is 14.2 Å². The zero-order chi connectivity index (χ0) is 15.7. The van der Waals surface area contributed by atoms with Crippen molar-refractivity contribution in [3.63, 3.8) is 0 Å². The third kappa shape index (κ3) is 42.7. The predicted octanol–water partition coefficient (Wildman–Crippen LogP) is 4.00. The summed E-state index contributed by atoms with van der Waals surface area (Å²) in [4.78, 5) is 0. The molecule has 0 aliphatic carbocycles. The molecule has 20 heavy (non-hydrogen) atoms. The highest BCUT2D eigenvalue weighted by atomic mass is 127. The lowest BCUT2D eigenvalue weighted by molar-refractivity contribution is -0.870. The van der Waals surface area contributed by atoms with Gasteiger partial charge in [0.25, 0.3) is 0 Å². The second-order valence-corrected chi connectivity index (χ2v) is 8.35. The van der Waals surface area contributed by atoms with E-state index in [1.54, 1.807) is 0 Å². The van der Waals surface area contributed by atoms with Gasteiger partial charge in [-0.15, -0.1) is 24.0 Å². The number of hydrogen-bond donors (Lipinski definition) is 2. The monoisotopic (exact) mass is 442 g/mol. The molecule has 0 aliphatic rings. The summed E-state index contributed by atoms with van der Waals surface area (Å²) in [6.07, 6.45) is 5.67. The van der Waals surface area contributed by atoms with Crippen molar-refractivity contribution in [3.05, 3.63) is 0 Å². The molecule has 3 nitrogen and oxygen atoms in total. The number of halogens is 1. The number of likely N-dealkylation sites (N-methyl/N-ethyl adjacent to an activating group) is 1. The number of rotatable bonds is 7. The lowest BCUT2D eigenvalue weighted by Gasteiger charge is -2.21. The van der Waals surface area contributed by atoms with Gasteiger partial charge in [-0.25, -0.2) is 0 Å². The highest BCUT2D eigenvalue weighted by Gasteiger charge is 2.02. The molecule has 0 aromatic carbocycles. The lowest BCUT2D eigenvalue weighted by Crippen LogP contribution is -2.36. The molecule has 0 radical (unpaired) electrons. The van der Waals surface area contributed by atoms with E-state index >= 15 is 0 Å². The number of aliphatic hydroxyl groups is 1. The van der Waals surface area contributed by atoms with Crippen LogP contribution in [0.3, 0.4) is 0 Å². The largest absolute Gasteiger partial charge is 0.391 e. The van der Waals surface area contributed by atoms with Crippen LogP contribution < -0.4 is 0 Å². The van der Waals surface area contributed by atoms with Crippen LogP contribution in [0.25, 0.3) is 0 Å². The molecule has 1 N–H and O–H groups in total. The molecule has 0 aliphatic heterocycles. The van der Waals surface area contributed by atoms with Crippen molar-refractivity contribution in [2.75, 3.05) is 52.4 Å². The van der Waals surface area contributed by atoms with Gasteiger partial charge in [0.2, 0.25) is 0 Å². The maximum Gasteiger partial charge on any atom is 0.101 e. The van der Waals surface area contributed by atoms with E-state index in [2.05, 4.69) is 40.7 Å². The highest BCUT2D eigenvalue weighted by molar-refractivity contribution is 14.0. The minimum Gasteiger partial charge on any atom is -0.391 e. The molecule has 0 amide bonds. The van der Waals surface area contributed by atoms with E-state index in [1.807, 2.05) is 13.8 Å². The van der Waals surface area contributed by atoms with E-state index in [0.717, 1.165) is 29.1 Å². The Kier molecular flexibility index (Phi) is 32.9. The third-order valence-electron chi connectivity index (χ3n) is 2.32. The molecule has 0 aromatic heterocycles. The molecular formula is C14H38INO2PS+. The standard InChI is InChI=1S/C5H14NO.C5H12S.C4H11OP.HI/c1-6(2,3)4-5-7;1-2-3-4-5-6;1-3-6(5)4-2;/h7H,4-5H2,1-3H3;6H,2-5H2,1H3;6H,3-4H2,1-2H3;1H/q+1;;;. The molecule has 0 fully saturated rings. The van der Waals surface area contributed by atoms with Gasteiger partial charge in [-0.1, -0.05) is 33.6 Å². The molecule has 0 saturated heterocycles. The summed E-state index contributed by atoms with van der Waals surface area (Å²) < 4.78 is 11.2. The predicted molar refractivity (Wildman–Crippen MR) is 109 cm³/mol. The zero-order valence-corrected chi connectivity index (χ0v) is 18.5. The summed E-state index contributed by atoms with van der Waals surface area (Å²) in [5, 5.41) is 8.39. The SMILES string of the molecule is CCCCCS.CC[PH](=O)CC.C[N+](C)(C)CCO.I. The van der Waals surface area contributed by atoms with Crippen LogP contribution in [0.15, 0.2) is 0 Å². The average molecular weight is 442 g/mol. The fraction of sp³-hybridized carbons (Fsp3) is 1.00. The fourth-order valence-corrected chi connectivity index (χ4v) is 1.64. The molecule has 0 rings (SSSR count). The van der Waals surface area contributed by atoms with Crippen molar-refractivity contribution in [3.8, 4) is 0 Å². The van der Waals surface area contributed by atoms with Crippen LogP contribution in [-0.4, -0.2) is 62.0 Å². The molecule has 128 valence electrons. The number of nitrogens with zero attached hydrogens (tertiary/aromatic N) is 1. The first-order chi connectivity index (χ1) is 8.78. The minimum absolute atomic E-state index is 0. The molecule has 0 saturated carbocycles. The summed E-state index contributed by atoms with van der Waals surface area (Å²) >= 11 is 4.05. The van der Waals surface area contributed by atoms with Crippen LogP contribution in [-0.2, 0) is 4.57 Å². The Morgan fingerprint density at radius 2 is 1.50 bits per heavy atom. The maximum absolute atomic E-state index is 10.4. The molecule has 0 aromatic rings. The van der Waals surface area contributed by atoms with Gasteiger partial charge >= 0.3 is 0 Å². The van der Waals surface area contributed by atoms with Gasteiger partial charge in [-0.3, -0.25) is 0 Å². The molecular weight excluding hydrogens is 404 g/mol. The first kappa shape index (κ1) is 29.3. The Hall–Kier alpha value is 1.23. The Balaban J connectivity index is -0.0000000941. The topological polar surface area (TPSA) is 37.3 Å². The van der Waals surface area contributed by atoms with Crippen molar-refractivity contribution in [1.29, 1.82) is 0 Å². The van der Waals surface area contributed by atoms with Crippen LogP contribution in [0.4, 0.5) is 0 Å². The van der Waals surface area contributed by atoms with Crippen LogP contribution >= 0.6 is 44.4 Å². The van der Waals surface area contributed by atoms with E-state index in [1.165, 1.54) is 19.3 Å². The molecule has 0 heterocycles. The van der Waals surface area contributed by atoms with Crippen LogP contribution in [0, 0.1) is 0 Å². The van der Waals surface area contributed by atoms with Crippen molar-refractivity contribution >= 4 is 44.4 Å². The maximum atomic E-state index is 10.4. The normalized spacial score (nSPS) is 9.85. The number of quaternary nitrogens is 1. The summed E-state index contributed by atoms with van der Waals surface area (Å²) in [5.41, 5.74) is 0. The number of hydrogen-bond acceptors (Lipinski definition) is 3. The first-order valence-corrected chi connectivity index (χ1v) is 9.78. The van der Waals surface area contributed by atoms with Gasteiger partial charge in [-0.05, 0) is 24.5 Å². The summed E-state index contributed by atoms with van der Waals surface area (Å²) in [6.45, 7) is 7.24. The molecule has 6 heteroatoms. The van der Waals surface area contributed by atoms with E-state index in [4.69, 9.17) is 5.11 Å². The van der Waals surface area contributed by atoms with Gasteiger partial charge in [0.1, 0.15) is 6.54 Å². The van der Waals surface area contributed by atoms with E-state index in [0.29, 0.717) is 0 Å². The van der Waals surface area contributed by atoms with Crippen molar-refractivity contribution < 1.29 is 14.2 Å². The Bertz CT molecular complexity index is 181. The molecule has 0 bridgehead atoms. The minimum atomic E-state index is -1.12. The van der Waals surface area contributed by atoms with Crippen molar-refractivity contribution in [2.45, 2.75) is 40.0 Å².